The van der Waals surface area contributed by atoms with Gasteiger partial charge in [0.05, 0.1) is 22.2 Å². The highest BCUT2D eigenvalue weighted by Gasteiger charge is 2.14. The number of hydrogen-bond acceptors (Lipinski definition) is 5. The van der Waals surface area contributed by atoms with E-state index < -0.39 is 11.7 Å². The zero-order valence-electron chi connectivity index (χ0n) is 16.0. The van der Waals surface area contributed by atoms with E-state index in [0.29, 0.717) is 33.4 Å². The molecule has 4 aromatic rings. The first-order chi connectivity index (χ1) is 14.5. The normalized spacial score (nSPS) is 10.6. The molecule has 0 aliphatic carbocycles. The van der Waals surface area contributed by atoms with Gasteiger partial charge in [-0.3, -0.25) is 4.79 Å². The van der Waals surface area contributed by atoms with Crippen LogP contribution in [0.3, 0.4) is 0 Å². The minimum absolute atomic E-state index is 0.0955. The first-order valence-electron chi connectivity index (χ1n) is 9.19. The molecule has 1 heterocycles. The van der Waals surface area contributed by atoms with Crippen LogP contribution in [0, 0.1) is 0 Å². The van der Waals surface area contributed by atoms with Crippen LogP contribution in [0.5, 0.6) is 0 Å². The summed E-state index contributed by atoms with van der Waals surface area (Å²) < 4.78 is 5.38. The first-order valence-corrected chi connectivity index (χ1v) is 9.19. The number of aromatic nitrogens is 1. The van der Waals surface area contributed by atoms with E-state index in [4.69, 9.17) is 4.42 Å². The highest BCUT2D eigenvalue weighted by molar-refractivity contribution is 6.03. The third kappa shape index (κ3) is 3.95. The fraction of sp³-hybridized carbons (Fsp3) is 0.0435. The number of carbonyl (C=O) groups excluding carboxylic acids is 2. The van der Waals surface area contributed by atoms with Gasteiger partial charge in [-0.25, -0.2) is 14.6 Å². The molecule has 3 aromatic carbocycles. The maximum atomic E-state index is 12.5. The Morgan fingerprint density at radius 3 is 2.50 bits per heavy atom. The summed E-state index contributed by atoms with van der Waals surface area (Å²) in [5.74, 6) is 0.00925. The van der Waals surface area contributed by atoms with Crippen LogP contribution in [0.15, 0.2) is 82.0 Å². The molecule has 0 atom stereocenters. The maximum absolute atomic E-state index is 12.5. The fourth-order valence-electron chi connectivity index (χ4n) is 3.01. The molecule has 0 unspecified atom stereocenters. The second-order valence-corrected chi connectivity index (χ2v) is 6.59. The third-order valence-electron chi connectivity index (χ3n) is 4.47. The Labute approximate surface area is 171 Å². The second-order valence-electron chi connectivity index (χ2n) is 6.59. The van der Waals surface area contributed by atoms with Crippen LogP contribution in [-0.2, 0) is 0 Å². The average molecular weight is 399 g/mol. The molecule has 148 valence electrons. The number of nitrogens with zero attached hydrogens (tertiary/aromatic N) is 1. The zero-order chi connectivity index (χ0) is 21.1. The largest absolute Gasteiger partial charge is 0.403 e. The van der Waals surface area contributed by atoms with E-state index in [9.17, 15) is 14.4 Å². The SMILES string of the molecule is CC(=O)c1cccc(NC(=O)Nc2ccccc2-c2nc3ccccc3c(=O)o2)c1. The van der Waals surface area contributed by atoms with Gasteiger partial charge in [-0.05, 0) is 43.3 Å². The van der Waals surface area contributed by atoms with Crippen molar-refractivity contribution in [1.29, 1.82) is 0 Å². The number of nitrogens with one attached hydrogen (secondary N) is 2. The van der Waals surface area contributed by atoms with Crippen LogP contribution in [-0.4, -0.2) is 16.8 Å². The summed E-state index contributed by atoms with van der Waals surface area (Å²) >= 11 is 0. The Balaban J connectivity index is 1.63. The number of Topliss-reactive ketones (excluding diaryl/α,β-unsaturated/α-hetero) is 1. The van der Waals surface area contributed by atoms with Crippen LogP contribution in [0.2, 0.25) is 0 Å². The van der Waals surface area contributed by atoms with E-state index in [1.165, 1.54) is 6.92 Å². The molecule has 0 saturated carbocycles. The third-order valence-corrected chi connectivity index (χ3v) is 4.47. The van der Waals surface area contributed by atoms with Gasteiger partial charge in [0.1, 0.15) is 0 Å². The molecule has 30 heavy (non-hydrogen) atoms. The number of rotatable bonds is 4. The lowest BCUT2D eigenvalue weighted by Gasteiger charge is -2.11. The number of ketones is 1. The smallest absolute Gasteiger partial charge is 0.347 e. The van der Waals surface area contributed by atoms with Crippen molar-refractivity contribution in [2.45, 2.75) is 6.92 Å². The molecule has 1 aromatic heterocycles. The van der Waals surface area contributed by atoms with Gasteiger partial charge in [0.2, 0.25) is 5.89 Å². The standard InChI is InChI=1S/C23H17N3O4/c1-14(27)15-7-6-8-16(13-15)24-23(29)26-19-11-4-2-9-17(19)21-25-20-12-5-3-10-18(20)22(28)30-21/h2-13H,1H3,(H2,24,26,29). The van der Waals surface area contributed by atoms with E-state index in [0.717, 1.165) is 0 Å². The number of fused-ring (bicyclic) bond motifs is 1. The molecule has 0 aliphatic heterocycles. The number of anilines is 2. The quantitative estimate of drug-likeness (QED) is 0.484. The summed E-state index contributed by atoms with van der Waals surface area (Å²) in [5.41, 5.74) is 1.86. The molecule has 4 rings (SSSR count). The van der Waals surface area contributed by atoms with Gasteiger partial charge >= 0.3 is 11.7 Å². The van der Waals surface area contributed by atoms with Crippen LogP contribution >= 0.6 is 0 Å². The predicted molar refractivity (Wildman–Crippen MR) is 115 cm³/mol. The molecule has 0 bridgehead atoms. The van der Waals surface area contributed by atoms with Crippen LogP contribution in [0.25, 0.3) is 22.4 Å². The van der Waals surface area contributed by atoms with Gasteiger partial charge in [-0.15, -0.1) is 0 Å². The molecule has 0 radical (unpaired) electrons. The predicted octanol–water partition coefficient (Wildman–Crippen LogP) is 4.70. The van der Waals surface area contributed by atoms with Gasteiger partial charge in [0.15, 0.2) is 5.78 Å². The molecule has 2 amide bonds. The van der Waals surface area contributed by atoms with Gasteiger partial charge in [0, 0.05) is 11.3 Å². The number of benzene rings is 3. The lowest BCUT2D eigenvalue weighted by molar-refractivity contribution is 0.101. The zero-order valence-corrected chi connectivity index (χ0v) is 16.0. The molecule has 0 spiro atoms. The molecule has 7 heteroatoms. The van der Waals surface area contributed by atoms with Crippen LogP contribution in [0.1, 0.15) is 17.3 Å². The van der Waals surface area contributed by atoms with Crippen molar-refractivity contribution >= 4 is 34.1 Å². The summed E-state index contributed by atoms with van der Waals surface area (Å²) in [4.78, 5) is 40.7. The van der Waals surface area contributed by atoms with Crippen molar-refractivity contribution in [2.75, 3.05) is 10.6 Å². The van der Waals surface area contributed by atoms with E-state index in [1.807, 2.05) is 0 Å². The summed E-state index contributed by atoms with van der Waals surface area (Å²) in [5, 5.41) is 5.81. The van der Waals surface area contributed by atoms with E-state index in [1.54, 1.807) is 72.8 Å². The number of para-hydroxylation sites is 2. The lowest BCUT2D eigenvalue weighted by atomic mass is 10.1. The van der Waals surface area contributed by atoms with Crippen LogP contribution in [0.4, 0.5) is 16.2 Å². The number of urea groups is 1. The van der Waals surface area contributed by atoms with Gasteiger partial charge < -0.3 is 15.1 Å². The minimum atomic E-state index is -0.508. The molecular weight excluding hydrogens is 382 g/mol. The van der Waals surface area contributed by atoms with Gasteiger partial charge in [0.25, 0.3) is 0 Å². The summed E-state index contributed by atoms with van der Waals surface area (Å²) in [7, 11) is 0. The minimum Gasteiger partial charge on any atom is -0.403 e. The van der Waals surface area contributed by atoms with Crippen molar-refractivity contribution in [3.05, 3.63) is 88.8 Å². The molecule has 0 saturated heterocycles. The molecule has 7 nitrogen and oxygen atoms in total. The Morgan fingerprint density at radius 2 is 1.67 bits per heavy atom. The fourth-order valence-corrected chi connectivity index (χ4v) is 3.01. The monoisotopic (exact) mass is 399 g/mol. The van der Waals surface area contributed by atoms with Crippen molar-refractivity contribution in [2.24, 2.45) is 0 Å². The maximum Gasteiger partial charge on any atom is 0.347 e. The average Bonchev–Trinajstić information content (AvgIpc) is 2.74. The number of amides is 2. The second kappa shape index (κ2) is 8.00. The van der Waals surface area contributed by atoms with E-state index >= 15 is 0 Å². The van der Waals surface area contributed by atoms with Gasteiger partial charge in [-0.2, -0.15) is 0 Å². The number of hydrogen-bond donors (Lipinski definition) is 2. The van der Waals surface area contributed by atoms with Crippen LogP contribution < -0.4 is 16.3 Å². The van der Waals surface area contributed by atoms with Crippen molar-refractivity contribution in [3.8, 4) is 11.5 Å². The molecule has 0 aliphatic rings. The number of carbonyl (C=O) groups is 2. The van der Waals surface area contributed by atoms with Crippen molar-refractivity contribution in [3.63, 3.8) is 0 Å². The summed E-state index contributed by atoms with van der Waals surface area (Å²) in [6.45, 7) is 1.46. The van der Waals surface area contributed by atoms with E-state index in [-0.39, 0.29) is 11.7 Å². The van der Waals surface area contributed by atoms with E-state index in [2.05, 4.69) is 15.6 Å². The highest BCUT2D eigenvalue weighted by atomic mass is 16.4. The first kappa shape index (κ1) is 19.1. The topological polar surface area (TPSA) is 101 Å². The Bertz CT molecular complexity index is 1330. The molecule has 2 N–H and O–H groups in total. The summed E-state index contributed by atoms with van der Waals surface area (Å²) in [6.07, 6.45) is 0. The Morgan fingerprint density at radius 1 is 0.900 bits per heavy atom. The molecule has 0 fully saturated rings. The Kier molecular flexibility index (Phi) is 5.09. The Hall–Kier alpha value is -4.26. The van der Waals surface area contributed by atoms with Gasteiger partial charge in [-0.1, -0.05) is 36.4 Å². The lowest BCUT2D eigenvalue weighted by Crippen LogP contribution is -2.20. The highest BCUT2D eigenvalue weighted by Crippen LogP contribution is 2.27. The molecular formula is C23H17N3O4. The summed E-state index contributed by atoms with van der Waals surface area (Å²) in [6, 6.07) is 19.9. The van der Waals surface area contributed by atoms with Crippen molar-refractivity contribution < 1.29 is 14.0 Å². The van der Waals surface area contributed by atoms with Crippen molar-refractivity contribution in [1.82, 2.24) is 4.98 Å².